The Hall–Kier alpha value is -3.95. The standard InChI is InChI=1S/C32H38FN5O3/c1-41-27-14-8-22(9-15-27)31(39)36-30-20-23(32(40)35-29-5-3-2-4-28(29)34)6-7-24(30)21-37-16-18-38(19-17-37)26-12-10-25(33)11-13-26/h6-15,20,28-29H,2-5,16-19,21,34H2,1H3,(H,35,40)(H,36,39). The number of nitrogens with one attached hydrogen (secondary N) is 2. The first kappa shape index (κ1) is 28.6. The summed E-state index contributed by atoms with van der Waals surface area (Å²) in [6, 6.07) is 18.9. The summed E-state index contributed by atoms with van der Waals surface area (Å²) in [7, 11) is 1.58. The second kappa shape index (κ2) is 13.1. The summed E-state index contributed by atoms with van der Waals surface area (Å²) in [4.78, 5) is 31.0. The van der Waals surface area contributed by atoms with Gasteiger partial charge in [-0.05, 0) is 79.1 Å². The molecule has 0 spiro atoms. The fourth-order valence-electron chi connectivity index (χ4n) is 5.56. The number of hydrogen-bond acceptors (Lipinski definition) is 6. The predicted octanol–water partition coefficient (Wildman–Crippen LogP) is 4.41. The van der Waals surface area contributed by atoms with Crippen molar-refractivity contribution in [2.24, 2.45) is 5.73 Å². The van der Waals surface area contributed by atoms with E-state index in [-0.39, 0.29) is 29.7 Å². The lowest BCUT2D eigenvalue weighted by molar-refractivity contribution is 0.0920. The molecule has 0 aromatic heterocycles. The average Bonchev–Trinajstić information content (AvgIpc) is 3.00. The number of nitrogens with two attached hydrogens (primary N) is 1. The Kier molecular flexibility index (Phi) is 9.16. The first-order chi connectivity index (χ1) is 19.9. The number of carbonyl (C=O) groups excluding carboxylic acids is 2. The van der Waals surface area contributed by atoms with Gasteiger partial charge in [0.25, 0.3) is 11.8 Å². The highest BCUT2D eigenvalue weighted by Crippen LogP contribution is 2.24. The predicted molar refractivity (Wildman–Crippen MR) is 159 cm³/mol. The van der Waals surface area contributed by atoms with Gasteiger partial charge in [0.1, 0.15) is 11.6 Å². The third-order valence-electron chi connectivity index (χ3n) is 8.07. The fourth-order valence-corrected chi connectivity index (χ4v) is 5.56. The first-order valence-electron chi connectivity index (χ1n) is 14.3. The molecule has 2 atom stereocenters. The van der Waals surface area contributed by atoms with E-state index in [2.05, 4.69) is 20.4 Å². The molecule has 2 aliphatic rings. The van der Waals surface area contributed by atoms with Gasteiger partial charge in [-0.1, -0.05) is 18.9 Å². The van der Waals surface area contributed by atoms with Gasteiger partial charge in [0.15, 0.2) is 0 Å². The number of rotatable bonds is 8. The SMILES string of the molecule is COc1ccc(C(=O)Nc2cc(C(=O)NC3CCCCC3N)ccc2CN2CCN(c3ccc(F)cc3)CC2)cc1. The van der Waals surface area contributed by atoms with Crippen LogP contribution >= 0.6 is 0 Å². The lowest BCUT2D eigenvalue weighted by Crippen LogP contribution is -2.49. The van der Waals surface area contributed by atoms with E-state index in [0.717, 1.165) is 63.1 Å². The topological polar surface area (TPSA) is 99.9 Å². The second-order valence-corrected chi connectivity index (χ2v) is 10.8. The van der Waals surface area contributed by atoms with Gasteiger partial charge in [-0.15, -0.1) is 0 Å². The number of carbonyl (C=O) groups is 2. The van der Waals surface area contributed by atoms with Crippen LogP contribution < -0.4 is 26.0 Å². The van der Waals surface area contributed by atoms with Crippen LogP contribution in [-0.2, 0) is 6.54 Å². The minimum Gasteiger partial charge on any atom is -0.497 e. The van der Waals surface area contributed by atoms with Crippen molar-refractivity contribution in [2.75, 3.05) is 43.5 Å². The van der Waals surface area contributed by atoms with Crippen LogP contribution in [0.3, 0.4) is 0 Å². The molecule has 216 valence electrons. The minimum absolute atomic E-state index is 0.0465. The number of hydrogen-bond donors (Lipinski definition) is 3. The maximum absolute atomic E-state index is 13.3. The van der Waals surface area contributed by atoms with Crippen LogP contribution in [0.4, 0.5) is 15.8 Å². The molecule has 41 heavy (non-hydrogen) atoms. The van der Waals surface area contributed by atoms with E-state index in [0.29, 0.717) is 29.1 Å². The van der Waals surface area contributed by atoms with Crippen molar-refractivity contribution >= 4 is 23.2 Å². The zero-order valence-electron chi connectivity index (χ0n) is 23.4. The number of amides is 2. The summed E-state index contributed by atoms with van der Waals surface area (Å²) in [5.41, 5.74) is 9.77. The molecule has 9 heteroatoms. The van der Waals surface area contributed by atoms with Gasteiger partial charge in [0.05, 0.1) is 7.11 Å². The van der Waals surface area contributed by atoms with E-state index in [1.54, 1.807) is 37.4 Å². The van der Waals surface area contributed by atoms with E-state index in [1.165, 1.54) is 12.1 Å². The molecule has 2 unspecified atom stereocenters. The molecule has 0 radical (unpaired) electrons. The number of benzene rings is 3. The van der Waals surface area contributed by atoms with Gasteiger partial charge in [-0.25, -0.2) is 4.39 Å². The van der Waals surface area contributed by atoms with Crippen LogP contribution in [0, 0.1) is 5.82 Å². The van der Waals surface area contributed by atoms with Crippen molar-refractivity contribution in [3.63, 3.8) is 0 Å². The molecule has 3 aromatic rings. The minimum atomic E-state index is -0.262. The van der Waals surface area contributed by atoms with Crippen LogP contribution in [0.5, 0.6) is 5.75 Å². The molecule has 8 nitrogen and oxygen atoms in total. The third kappa shape index (κ3) is 7.23. The summed E-state index contributed by atoms with van der Waals surface area (Å²) in [6.07, 6.45) is 3.91. The van der Waals surface area contributed by atoms with Crippen LogP contribution in [0.2, 0.25) is 0 Å². The van der Waals surface area contributed by atoms with Crippen LogP contribution in [0.25, 0.3) is 0 Å². The number of methoxy groups -OCH3 is 1. The summed E-state index contributed by atoms with van der Waals surface area (Å²) in [6.45, 7) is 3.85. The van der Waals surface area contributed by atoms with Gasteiger partial charge >= 0.3 is 0 Å². The highest BCUT2D eigenvalue weighted by molar-refractivity contribution is 6.05. The van der Waals surface area contributed by atoms with Crippen molar-refractivity contribution in [3.05, 3.63) is 89.2 Å². The Balaban J connectivity index is 1.31. The van der Waals surface area contributed by atoms with Crippen molar-refractivity contribution < 1.29 is 18.7 Å². The molecule has 1 aliphatic carbocycles. The molecular weight excluding hydrogens is 521 g/mol. The third-order valence-corrected chi connectivity index (χ3v) is 8.07. The molecule has 3 aromatic carbocycles. The fraction of sp³-hybridized carbons (Fsp3) is 0.375. The van der Waals surface area contributed by atoms with Crippen molar-refractivity contribution in [3.8, 4) is 5.75 Å². The maximum Gasteiger partial charge on any atom is 0.255 e. The van der Waals surface area contributed by atoms with E-state index >= 15 is 0 Å². The van der Waals surface area contributed by atoms with Gasteiger partial charge in [0.2, 0.25) is 0 Å². The van der Waals surface area contributed by atoms with Crippen LogP contribution in [0.15, 0.2) is 66.7 Å². The maximum atomic E-state index is 13.3. The zero-order chi connectivity index (χ0) is 28.8. The Morgan fingerprint density at radius 1 is 0.902 bits per heavy atom. The van der Waals surface area contributed by atoms with Gasteiger partial charge in [0, 0.05) is 67.3 Å². The summed E-state index contributed by atoms with van der Waals surface area (Å²) in [5.74, 6) is -0.0226. The van der Waals surface area contributed by atoms with Crippen LogP contribution in [-0.4, -0.2) is 62.1 Å². The number of nitrogens with zero attached hydrogens (tertiary/aromatic N) is 2. The van der Waals surface area contributed by atoms with E-state index in [4.69, 9.17) is 10.5 Å². The number of ether oxygens (including phenoxy) is 1. The second-order valence-electron chi connectivity index (χ2n) is 10.8. The molecule has 2 fully saturated rings. The zero-order valence-corrected chi connectivity index (χ0v) is 23.4. The van der Waals surface area contributed by atoms with E-state index < -0.39 is 0 Å². The smallest absolute Gasteiger partial charge is 0.255 e. The normalized spacial score (nSPS) is 19.4. The Morgan fingerprint density at radius 3 is 2.27 bits per heavy atom. The number of halogens is 1. The van der Waals surface area contributed by atoms with Crippen LogP contribution in [0.1, 0.15) is 52.0 Å². The van der Waals surface area contributed by atoms with Crippen molar-refractivity contribution in [2.45, 2.75) is 44.3 Å². The highest BCUT2D eigenvalue weighted by atomic mass is 19.1. The molecule has 5 rings (SSSR count). The molecule has 2 amide bonds. The van der Waals surface area contributed by atoms with E-state index in [1.807, 2.05) is 24.3 Å². The Morgan fingerprint density at radius 2 is 1.59 bits per heavy atom. The largest absolute Gasteiger partial charge is 0.497 e. The van der Waals surface area contributed by atoms with E-state index in [9.17, 15) is 14.0 Å². The molecule has 1 saturated carbocycles. The molecule has 4 N–H and O–H groups in total. The molecule has 1 heterocycles. The summed E-state index contributed by atoms with van der Waals surface area (Å²) in [5, 5.41) is 6.15. The number of anilines is 2. The van der Waals surface area contributed by atoms with Gasteiger partial charge < -0.3 is 26.0 Å². The Bertz CT molecular complexity index is 1340. The lowest BCUT2D eigenvalue weighted by Gasteiger charge is -2.36. The highest BCUT2D eigenvalue weighted by Gasteiger charge is 2.25. The van der Waals surface area contributed by atoms with Crippen molar-refractivity contribution in [1.82, 2.24) is 10.2 Å². The molecular formula is C32H38FN5O3. The van der Waals surface area contributed by atoms with Crippen molar-refractivity contribution in [1.29, 1.82) is 0 Å². The average molecular weight is 560 g/mol. The monoisotopic (exact) mass is 559 g/mol. The number of piperazine rings is 1. The quantitative estimate of drug-likeness (QED) is 0.378. The summed E-state index contributed by atoms with van der Waals surface area (Å²) < 4.78 is 18.6. The van der Waals surface area contributed by atoms with Gasteiger partial charge in [-0.3, -0.25) is 14.5 Å². The molecule has 1 saturated heterocycles. The Labute approximate surface area is 240 Å². The first-order valence-corrected chi connectivity index (χ1v) is 14.3. The summed E-state index contributed by atoms with van der Waals surface area (Å²) >= 11 is 0. The molecule has 1 aliphatic heterocycles. The van der Waals surface area contributed by atoms with Gasteiger partial charge in [-0.2, -0.15) is 0 Å². The molecule has 0 bridgehead atoms. The lowest BCUT2D eigenvalue weighted by atomic mass is 9.91.